The molecule has 1 unspecified atom stereocenters. The molecule has 0 aromatic heterocycles. The third-order valence-electron chi connectivity index (χ3n) is 6.97. The lowest BCUT2D eigenvalue weighted by atomic mass is 9.86. The molecule has 35 heavy (non-hydrogen) atoms. The van der Waals surface area contributed by atoms with Crippen LogP contribution in [-0.2, 0) is 19.3 Å². The highest BCUT2D eigenvalue weighted by Crippen LogP contribution is 2.36. The maximum absolute atomic E-state index is 10.2. The largest absolute Gasteiger partial charge is 0.508 e. The van der Waals surface area contributed by atoms with Crippen molar-refractivity contribution in [1.82, 2.24) is 10.2 Å². The highest BCUT2D eigenvalue weighted by atomic mass is 79.9. The number of hydrogen-bond donors (Lipinski definition) is 4. The Labute approximate surface area is 232 Å². The van der Waals surface area contributed by atoms with Crippen molar-refractivity contribution in [3.63, 3.8) is 0 Å². The zero-order chi connectivity index (χ0) is 23.6. The summed E-state index contributed by atoms with van der Waals surface area (Å²) >= 11 is 0. The van der Waals surface area contributed by atoms with Crippen molar-refractivity contribution >= 4 is 34.0 Å². The van der Waals surface area contributed by atoms with Crippen LogP contribution in [0.5, 0.6) is 17.2 Å². The van der Waals surface area contributed by atoms with E-state index in [-0.39, 0.29) is 45.5 Å². The Morgan fingerprint density at radius 3 is 2.40 bits per heavy atom. The highest BCUT2D eigenvalue weighted by molar-refractivity contribution is 8.93. The number of phenolic OH excluding ortho intramolecular Hbond substituents is 3. The van der Waals surface area contributed by atoms with Gasteiger partial charge in [0.05, 0.1) is 0 Å². The molecule has 5 nitrogen and oxygen atoms in total. The summed E-state index contributed by atoms with van der Waals surface area (Å²) in [5.41, 5.74) is 4.34. The second kappa shape index (κ2) is 16.5. The minimum atomic E-state index is 0. The van der Waals surface area contributed by atoms with Gasteiger partial charge in [0.1, 0.15) is 5.75 Å². The number of aromatic hydroxyl groups is 3. The van der Waals surface area contributed by atoms with Crippen molar-refractivity contribution in [2.24, 2.45) is 0 Å². The molecule has 0 amide bonds. The molecule has 2 aromatic carbocycles. The number of halogens is 2. The van der Waals surface area contributed by atoms with E-state index in [9.17, 15) is 15.3 Å². The van der Waals surface area contributed by atoms with E-state index in [1.165, 1.54) is 36.8 Å². The molecular weight excluding hydrogens is 572 g/mol. The zero-order valence-corrected chi connectivity index (χ0v) is 24.7. The molecule has 2 aromatic rings. The normalized spacial score (nSPS) is 14.8. The summed E-state index contributed by atoms with van der Waals surface area (Å²) in [6, 6.07) is 10.00. The van der Waals surface area contributed by atoms with Crippen LogP contribution in [0, 0.1) is 6.92 Å². The van der Waals surface area contributed by atoms with Gasteiger partial charge in [0.25, 0.3) is 0 Å². The summed E-state index contributed by atoms with van der Waals surface area (Å²) in [7, 11) is 0. The maximum atomic E-state index is 10.2. The summed E-state index contributed by atoms with van der Waals surface area (Å²) in [4.78, 5) is 2.64. The monoisotopic (exact) mass is 614 g/mol. The molecule has 0 aliphatic heterocycles. The predicted molar refractivity (Wildman–Crippen MR) is 156 cm³/mol. The van der Waals surface area contributed by atoms with Gasteiger partial charge in [-0.2, -0.15) is 0 Å². The third-order valence-corrected chi connectivity index (χ3v) is 6.97. The number of nitrogens with zero attached hydrogens (tertiary/aromatic N) is 1. The highest BCUT2D eigenvalue weighted by Gasteiger charge is 2.26. The Kier molecular flexibility index (Phi) is 14.9. The molecule has 1 atom stereocenters. The minimum absolute atomic E-state index is 0. The summed E-state index contributed by atoms with van der Waals surface area (Å²) < 4.78 is 0. The number of nitrogens with one attached hydrogen (secondary N) is 1. The first-order valence-electron chi connectivity index (χ1n) is 12.8. The van der Waals surface area contributed by atoms with Gasteiger partial charge >= 0.3 is 0 Å². The zero-order valence-electron chi connectivity index (χ0n) is 21.3. The van der Waals surface area contributed by atoms with Crippen LogP contribution in [0.4, 0.5) is 0 Å². The second-order valence-electron chi connectivity index (χ2n) is 9.54. The van der Waals surface area contributed by atoms with E-state index in [0.717, 1.165) is 69.4 Å². The van der Waals surface area contributed by atoms with Gasteiger partial charge < -0.3 is 25.5 Å². The molecule has 0 heterocycles. The van der Waals surface area contributed by atoms with Crippen LogP contribution >= 0.6 is 34.0 Å². The van der Waals surface area contributed by atoms with Crippen LogP contribution in [-0.4, -0.2) is 52.4 Å². The Morgan fingerprint density at radius 2 is 1.66 bits per heavy atom. The number of unbranched alkanes of at least 4 members (excludes halogenated alkanes) is 3. The van der Waals surface area contributed by atoms with Crippen molar-refractivity contribution in [3.05, 3.63) is 52.6 Å². The molecular formula is C28H44Br2N2O3. The van der Waals surface area contributed by atoms with E-state index in [1.807, 2.05) is 19.1 Å². The van der Waals surface area contributed by atoms with E-state index in [4.69, 9.17) is 0 Å². The van der Waals surface area contributed by atoms with Crippen LogP contribution in [0.15, 0.2) is 30.3 Å². The number of rotatable bonds is 13. The summed E-state index contributed by atoms with van der Waals surface area (Å²) in [5, 5.41) is 33.1. The van der Waals surface area contributed by atoms with Gasteiger partial charge in [0, 0.05) is 11.6 Å². The van der Waals surface area contributed by atoms with Gasteiger partial charge in [-0.1, -0.05) is 38.0 Å². The van der Waals surface area contributed by atoms with Crippen LogP contribution in [0.3, 0.4) is 0 Å². The first kappa shape index (κ1) is 31.7. The first-order valence-corrected chi connectivity index (χ1v) is 12.8. The van der Waals surface area contributed by atoms with Gasteiger partial charge in [-0.25, -0.2) is 0 Å². The van der Waals surface area contributed by atoms with Crippen LogP contribution < -0.4 is 5.32 Å². The SMILES string of the molecule is Br.Br.CCCN(CCCCCCNCCc1ccc(O)c(C)c1)C1CCc2c(ccc(O)c2O)C1. The van der Waals surface area contributed by atoms with Gasteiger partial charge in [0.15, 0.2) is 11.5 Å². The maximum Gasteiger partial charge on any atom is 0.160 e. The average Bonchev–Trinajstić information content (AvgIpc) is 2.81. The number of phenols is 3. The van der Waals surface area contributed by atoms with Crippen molar-refractivity contribution in [2.75, 3.05) is 26.2 Å². The lowest BCUT2D eigenvalue weighted by molar-refractivity contribution is 0.175. The molecule has 1 aliphatic rings. The van der Waals surface area contributed by atoms with Crippen molar-refractivity contribution in [2.45, 2.75) is 77.7 Å². The average molecular weight is 616 g/mol. The predicted octanol–water partition coefficient (Wildman–Crippen LogP) is 6.23. The van der Waals surface area contributed by atoms with Gasteiger partial charge in [-0.3, -0.25) is 0 Å². The lowest BCUT2D eigenvalue weighted by Crippen LogP contribution is -2.40. The molecule has 0 saturated heterocycles. The molecule has 0 spiro atoms. The number of fused-ring (bicyclic) bond motifs is 1. The van der Waals surface area contributed by atoms with Gasteiger partial charge in [-0.05, 0) is 107 Å². The summed E-state index contributed by atoms with van der Waals surface area (Å²) in [6.45, 7) is 8.50. The number of benzene rings is 2. The molecule has 0 saturated carbocycles. The molecule has 0 bridgehead atoms. The van der Waals surface area contributed by atoms with Crippen molar-refractivity contribution in [3.8, 4) is 17.2 Å². The molecule has 3 rings (SSSR count). The number of hydrogen-bond acceptors (Lipinski definition) is 5. The fourth-order valence-electron chi connectivity index (χ4n) is 5.03. The van der Waals surface area contributed by atoms with Gasteiger partial charge in [0.2, 0.25) is 0 Å². The van der Waals surface area contributed by atoms with Crippen LogP contribution in [0.25, 0.3) is 0 Å². The third kappa shape index (κ3) is 9.60. The Balaban J connectivity index is 0.00000306. The molecule has 0 radical (unpaired) electrons. The molecule has 0 fully saturated rings. The molecule has 7 heteroatoms. The summed E-state index contributed by atoms with van der Waals surface area (Å²) in [6.07, 6.45) is 9.98. The van der Waals surface area contributed by atoms with Crippen molar-refractivity contribution < 1.29 is 15.3 Å². The first-order chi connectivity index (χ1) is 16.0. The minimum Gasteiger partial charge on any atom is -0.508 e. The lowest BCUT2D eigenvalue weighted by Gasteiger charge is -2.35. The molecule has 198 valence electrons. The van der Waals surface area contributed by atoms with E-state index in [0.29, 0.717) is 11.8 Å². The quantitative estimate of drug-likeness (QED) is 0.159. The van der Waals surface area contributed by atoms with Gasteiger partial charge in [-0.15, -0.1) is 34.0 Å². The summed E-state index contributed by atoms with van der Waals surface area (Å²) in [5.74, 6) is 0.458. The van der Waals surface area contributed by atoms with Crippen LogP contribution in [0.1, 0.15) is 67.7 Å². The molecule has 1 aliphatic carbocycles. The van der Waals surface area contributed by atoms with E-state index < -0.39 is 0 Å². The Hall–Kier alpha value is -1.28. The smallest absolute Gasteiger partial charge is 0.160 e. The van der Waals surface area contributed by atoms with Crippen molar-refractivity contribution in [1.29, 1.82) is 0 Å². The fraction of sp³-hybridized carbons (Fsp3) is 0.571. The van der Waals surface area contributed by atoms with E-state index >= 15 is 0 Å². The topological polar surface area (TPSA) is 76.0 Å². The Bertz CT molecular complexity index is 895. The van der Waals surface area contributed by atoms with E-state index in [1.54, 1.807) is 12.1 Å². The fourth-order valence-corrected chi connectivity index (χ4v) is 5.03. The second-order valence-corrected chi connectivity index (χ2v) is 9.54. The standard InChI is InChI=1S/C28H42N2O3.2BrH/c1-3-17-30(24-10-11-25-23(20-24)9-13-27(32)28(25)33)18-7-5-4-6-15-29-16-14-22-8-12-26(31)21(2)19-22;;/h8-9,12-13,19,24,29,31-33H,3-7,10-11,14-18,20H2,1-2H3;2*1H. The number of aryl methyl sites for hydroxylation is 1. The molecule has 4 N–H and O–H groups in total. The Morgan fingerprint density at radius 1 is 0.914 bits per heavy atom. The van der Waals surface area contributed by atoms with Crippen LogP contribution in [0.2, 0.25) is 0 Å². The van der Waals surface area contributed by atoms with E-state index in [2.05, 4.69) is 23.2 Å².